The van der Waals surface area contributed by atoms with Crippen LogP contribution < -0.4 is 10.2 Å². The van der Waals surface area contributed by atoms with Crippen molar-refractivity contribution < 1.29 is 14.0 Å². The molecule has 1 aromatic heterocycles. The summed E-state index contributed by atoms with van der Waals surface area (Å²) in [6.45, 7) is 4.31. The lowest BCUT2D eigenvalue weighted by Gasteiger charge is -2.23. The van der Waals surface area contributed by atoms with Gasteiger partial charge in [-0.1, -0.05) is 32.0 Å². The standard InChI is InChI=1S/C19H21FN2O2S/c1-12(2)18(16-8-5-9-25-16)21-19(24)13-10-17(23)22(11-13)15-7-4-3-6-14(15)20/h3-9,12-13,18H,10-11H2,1-2H3,(H,21,24)/t13-,18-/m0/s1. The molecule has 6 heteroatoms. The zero-order valence-electron chi connectivity index (χ0n) is 14.2. The summed E-state index contributed by atoms with van der Waals surface area (Å²) in [7, 11) is 0. The van der Waals surface area contributed by atoms with Crippen LogP contribution in [0, 0.1) is 17.7 Å². The number of benzene rings is 1. The van der Waals surface area contributed by atoms with Crippen LogP contribution in [-0.4, -0.2) is 18.4 Å². The molecule has 1 N–H and O–H groups in total. The fraction of sp³-hybridized carbons (Fsp3) is 0.368. The van der Waals surface area contributed by atoms with Crippen LogP contribution >= 0.6 is 11.3 Å². The van der Waals surface area contributed by atoms with E-state index in [0.717, 1.165) is 4.88 Å². The molecule has 1 aliphatic rings. The number of carbonyl (C=O) groups is 2. The molecule has 1 aromatic carbocycles. The number of hydrogen-bond acceptors (Lipinski definition) is 3. The highest BCUT2D eigenvalue weighted by Gasteiger charge is 2.37. The predicted molar refractivity (Wildman–Crippen MR) is 96.9 cm³/mol. The number of amides is 2. The van der Waals surface area contributed by atoms with Crippen LogP contribution in [-0.2, 0) is 9.59 Å². The quantitative estimate of drug-likeness (QED) is 0.883. The molecule has 0 unspecified atom stereocenters. The second kappa shape index (κ2) is 7.35. The summed E-state index contributed by atoms with van der Waals surface area (Å²) in [4.78, 5) is 27.4. The van der Waals surface area contributed by atoms with Gasteiger partial charge in [0.1, 0.15) is 5.82 Å². The Labute approximate surface area is 150 Å². The first-order valence-electron chi connectivity index (χ1n) is 8.36. The molecule has 2 atom stereocenters. The van der Waals surface area contributed by atoms with E-state index in [1.165, 1.54) is 11.0 Å². The van der Waals surface area contributed by atoms with Crippen LogP contribution in [0.1, 0.15) is 31.2 Å². The first kappa shape index (κ1) is 17.6. The second-order valence-corrected chi connectivity index (χ2v) is 7.58. The van der Waals surface area contributed by atoms with Gasteiger partial charge in [0.25, 0.3) is 0 Å². The first-order chi connectivity index (χ1) is 12.0. The van der Waals surface area contributed by atoms with Crippen molar-refractivity contribution in [2.24, 2.45) is 11.8 Å². The molecule has 0 spiro atoms. The summed E-state index contributed by atoms with van der Waals surface area (Å²) in [5, 5.41) is 5.05. The summed E-state index contributed by atoms with van der Waals surface area (Å²) >= 11 is 1.60. The van der Waals surface area contributed by atoms with Crippen molar-refractivity contribution in [3.8, 4) is 0 Å². The fourth-order valence-electron chi connectivity index (χ4n) is 3.09. The molecule has 1 aliphatic heterocycles. The molecule has 2 heterocycles. The van der Waals surface area contributed by atoms with E-state index in [9.17, 15) is 14.0 Å². The van der Waals surface area contributed by atoms with E-state index >= 15 is 0 Å². The van der Waals surface area contributed by atoms with Gasteiger partial charge in [-0.15, -0.1) is 11.3 Å². The Kier molecular flexibility index (Phi) is 5.18. The SMILES string of the molecule is CC(C)[C@H](NC(=O)[C@H]1CC(=O)N(c2ccccc2F)C1)c1cccs1. The third kappa shape index (κ3) is 3.74. The fourth-order valence-corrected chi connectivity index (χ4v) is 4.04. The molecule has 25 heavy (non-hydrogen) atoms. The predicted octanol–water partition coefficient (Wildman–Crippen LogP) is 3.75. The van der Waals surface area contributed by atoms with Crippen molar-refractivity contribution in [1.29, 1.82) is 0 Å². The number of thiophene rings is 1. The number of anilines is 1. The van der Waals surface area contributed by atoms with E-state index in [2.05, 4.69) is 19.2 Å². The third-order valence-corrected chi connectivity index (χ3v) is 5.41. The Bertz CT molecular complexity index is 761. The molecule has 0 saturated carbocycles. The van der Waals surface area contributed by atoms with E-state index < -0.39 is 11.7 Å². The zero-order chi connectivity index (χ0) is 18.0. The second-order valence-electron chi connectivity index (χ2n) is 6.60. The highest BCUT2D eigenvalue weighted by molar-refractivity contribution is 7.10. The van der Waals surface area contributed by atoms with Crippen molar-refractivity contribution in [2.75, 3.05) is 11.4 Å². The topological polar surface area (TPSA) is 49.4 Å². The first-order valence-corrected chi connectivity index (χ1v) is 9.24. The Morgan fingerprint density at radius 1 is 1.28 bits per heavy atom. The molecular formula is C19H21FN2O2S. The Balaban J connectivity index is 1.71. The number of nitrogens with zero attached hydrogens (tertiary/aromatic N) is 1. The smallest absolute Gasteiger partial charge is 0.227 e. The number of halogens is 1. The summed E-state index contributed by atoms with van der Waals surface area (Å²) in [5.74, 6) is -1.05. The molecule has 1 fully saturated rings. The van der Waals surface area contributed by atoms with Gasteiger partial charge in [-0.3, -0.25) is 9.59 Å². The monoisotopic (exact) mass is 360 g/mol. The number of hydrogen-bond donors (Lipinski definition) is 1. The maximum Gasteiger partial charge on any atom is 0.227 e. The largest absolute Gasteiger partial charge is 0.348 e. The minimum absolute atomic E-state index is 0.0786. The van der Waals surface area contributed by atoms with E-state index in [-0.39, 0.29) is 42.4 Å². The molecule has 2 aromatic rings. The van der Waals surface area contributed by atoms with E-state index in [1.54, 1.807) is 29.5 Å². The molecule has 2 amide bonds. The van der Waals surface area contributed by atoms with E-state index in [4.69, 9.17) is 0 Å². The van der Waals surface area contributed by atoms with Gasteiger partial charge in [-0.25, -0.2) is 4.39 Å². The number of carbonyl (C=O) groups excluding carboxylic acids is 2. The van der Waals surface area contributed by atoms with Gasteiger partial charge in [0.2, 0.25) is 11.8 Å². The lowest BCUT2D eigenvalue weighted by Crippen LogP contribution is -2.37. The highest BCUT2D eigenvalue weighted by Crippen LogP contribution is 2.30. The highest BCUT2D eigenvalue weighted by atomic mass is 32.1. The van der Waals surface area contributed by atoms with Gasteiger partial charge < -0.3 is 10.2 Å². The minimum atomic E-state index is -0.465. The van der Waals surface area contributed by atoms with Gasteiger partial charge in [-0.05, 0) is 29.5 Å². The molecule has 3 rings (SSSR count). The maximum atomic E-state index is 14.0. The minimum Gasteiger partial charge on any atom is -0.348 e. The van der Waals surface area contributed by atoms with Crippen molar-refractivity contribution in [1.82, 2.24) is 5.32 Å². The number of nitrogens with one attached hydrogen (secondary N) is 1. The summed E-state index contributed by atoms with van der Waals surface area (Å²) in [6.07, 6.45) is 0.107. The maximum absolute atomic E-state index is 14.0. The molecule has 0 radical (unpaired) electrons. The van der Waals surface area contributed by atoms with E-state index in [1.807, 2.05) is 17.5 Å². The van der Waals surface area contributed by atoms with Crippen molar-refractivity contribution in [3.63, 3.8) is 0 Å². The van der Waals surface area contributed by atoms with Gasteiger partial charge in [0, 0.05) is 17.8 Å². The van der Waals surface area contributed by atoms with Gasteiger partial charge in [-0.2, -0.15) is 0 Å². The Morgan fingerprint density at radius 2 is 2.04 bits per heavy atom. The normalized spacial score (nSPS) is 18.6. The van der Waals surface area contributed by atoms with Crippen LogP contribution in [0.3, 0.4) is 0 Å². The van der Waals surface area contributed by atoms with Crippen LogP contribution in [0.2, 0.25) is 0 Å². The van der Waals surface area contributed by atoms with Crippen molar-refractivity contribution >= 4 is 28.8 Å². The lowest BCUT2D eigenvalue weighted by molar-refractivity contribution is -0.127. The summed E-state index contributed by atoms with van der Waals surface area (Å²) < 4.78 is 14.0. The number of rotatable bonds is 5. The third-order valence-electron chi connectivity index (χ3n) is 4.45. The average molecular weight is 360 g/mol. The molecule has 0 bridgehead atoms. The average Bonchev–Trinajstić information content (AvgIpc) is 3.22. The molecule has 4 nitrogen and oxygen atoms in total. The zero-order valence-corrected chi connectivity index (χ0v) is 15.1. The lowest BCUT2D eigenvalue weighted by atomic mass is 10.0. The van der Waals surface area contributed by atoms with Gasteiger partial charge in [0.05, 0.1) is 17.6 Å². The van der Waals surface area contributed by atoms with E-state index in [0.29, 0.717) is 0 Å². The van der Waals surface area contributed by atoms with Crippen LogP contribution in [0.15, 0.2) is 41.8 Å². The Morgan fingerprint density at radius 3 is 2.68 bits per heavy atom. The number of para-hydroxylation sites is 1. The molecule has 132 valence electrons. The van der Waals surface area contributed by atoms with Crippen LogP contribution in [0.4, 0.5) is 10.1 Å². The Hall–Kier alpha value is -2.21. The van der Waals surface area contributed by atoms with Crippen molar-refractivity contribution in [3.05, 3.63) is 52.5 Å². The van der Waals surface area contributed by atoms with Gasteiger partial charge >= 0.3 is 0 Å². The molecule has 0 aliphatic carbocycles. The molecular weight excluding hydrogens is 339 g/mol. The van der Waals surface area contributed by atoms with Crippen LogP contribution in [0.25, 0.3) is 0 Å². The summed E-state index contributed by atoms with van der Waals surface area (Å²) in [5.41, 5.74) is 0.237. The van der Waals surface area contributed by atoms with Crippen LogP contribution in [0.5, 0.6) is 0 Å². The van der Waals surface area contributed by atoms with Gasteiger partial charge in [0.15, 0.2) is 0 Å². The molecule has 1 saturated heterocycles. The summed E-state index contributed by atoms with van der Waals surface area (Å²) in [6, 6.07) is 10.0. The van der Waals surface area contributed by atoms with Crippen molar-refractivity contribution in [2.45, 2.75) is 26.3 Å².